The summed E-state index contributed by atoms with van der Waals surface area (Å²) in [6.45, 7) is 6.56. The summed E-state index contributed by atoms with van der Waals surface area (Å²) in [5, 5.41) is 2.95. The first-order valence-electron chi connectivity index (χ1n) is 13.8. The maximum absolute atomic E-state index is 14.2. The van der Waals surface area contributed by atoms with Crippen molar-refractivity contribution in [2.45, 2.75) is 62.9 Å². The monoisotopic (exact) mass is 544 g/mol. The van der Waals surface area contributed by atoms with Gasteiger partial charge in [0.1, 0.15) is 17.5 Å². The summed E-state index contributed by atoms with van der Waals surface area (Å²) in [6.07, 6.45) is 4.41. The van der Waals surface area contributed by atoms with Crippen LogP contribution in [0.25, 0.3) is 0 Å². The number of carbonyl (C=O) groups excluding carboxylic acids is 2. The lowest BCUT2D eigenvalue weighted by atomic mass is 9.79. The van der Waals surface area contributed by atoms with Gasteiger partial charge in [0.2, 0.25) is 11.8 Å². The van der Waals surface area contributed by atoms with E-state index in [-0.39, 0.29) is 11.8 Å². The molecule has 1 aliphatic carbocycles. The van der Waals surface area contributed by atoms with Gasteiger partial charge in [-0.1, -0.05) is 24.3 Å². The number of aromatic nitrogens is 1. The first-order chi connectivity index (χ1) is 18.9. The molecule has 6 nitrogen and oxygen atoms in total. The van der Waals surface area contributed by atoms with Gasteiger partial charge >= 0.3 is 0 Å². The maximum Gasteiger partial charge on any atom is 0.243 e. The van der Waals surface area contributed by atoms with Crippen molar-refractivity contribution in [3.63, 3.8) is 0 Å². The van der Waals surface area contributed by atoms with Gasteiger partial charge in [-0.15, -0.1) is 0 Å². The van der Waals surface area contributed by atoms with Gasteiger partial charge in [-0.25, -0.2) is 13.8 Å². The Morgan fingerprint density at radius 3 is 2.45 bits per heavy atom. The summed E-state index contributed by atoms with van der Waals surface area (Å²) in [4.78, 5) is 34.9. The largest absolute Gasteiger partial charge is 0.330 e. The zero-order chi connectivity index (χ0) is 28.4. The predicted molar refractivity (Wildman–Crippen MR) is 149 cm³/mol. The highest BCUT2D eigenvalue weighted by Gasteiger charge is 2.52. The molecule has 2 atom stereocenters. The zero-order valence-corrected chi connectivity index (χ0v) is 23.4. The molecule has 3 aliphatic rings. The number of likely N-dealkylation sites (N-methyl/N-ethyl adjacent to an activating group) is 1. The SMILES string of the molecule is CN1C[C@@](C)(c2cc(F)cc(F)c2)N(CCCc2ccc3c(c2)C[C@@]2(C3)C(=O)Nc3ncccc32)C(=O)C1(C)C. The zero-order valence-electron chi connectivity index (χ0n) is 23.4. The number of halogens is 2. The molecule has 40 heavy (non-hydrogen) atoms. The standard InChI is InChI=1S/C32H34F2N4O2/c1-30(2)29(40)38(31(3,19-37(30)4)23-14-24(33)16-25(34)15-23)12-6-7-20-9-10-21-17-32(18-22(21)13-20)26-8-5-11-35-27(26)36-28(32)39/h5,8-11,13-16H,6-7,12,17-19H2,1-4H3,(H,35,36,39)/t31-,32+/m0/s1. The Hall–Kier alpha value is -3.65. The molecular formula is C32H34F2N4O2. The van der Waals surface area contributed by atoms with Gasteiger partial charge in [0.15, 0.2) is 0 Å². The molecule has 6 rings (SSSR count). The maximum atomic E-state index is 14.2. The molecule has 2 aromatic carbocycles. The molecule has 1 fully saturated rings. The fraction of sp³-hybridized carbons (Fsp3) is 0.406. The van der Waals surface area contributed by atoms with Crippen LogP contribution in [0.4, 0.5) is 14.6 Å². The van der Waals surface area contributed by atoms with Gasteiger partial charge < -0.3 is 10.2 Å². The summed E-state index contributed by atoms with van der Waals surface area (Å²) in [5.74, 6) is -0.712. The average molecular weight is 545 g/mol. The van der Waals surface area contributed by atoms with Crippen molar-refractivity contribution in [1.29, 1.82) is 0 Å². The number of amides is 2. The van der Waals surface area contributed by atoms with E-state index in [0.717, 1.165) is 23.6 Å². The van der Waals surface area contributed by atoms with Crippen LogP contribution in [0.1, 0.15) is 55.0 Å². The summed E-state index contributed by atoms with van der Waals surface area (Å²) in [6, 6.07) is 13.8. The highest BCUT2D eigenvalue weighted by Crippen LogP contribution is 2.46. The van der Waals surface area contributed by atoms with E-state index in [1.54, 1.807) is 11.1 Å². The lowest BCUT2D eigenvalue weighted by Crippen LogP contribution is -2.69. The molecule has 3 aromatic rings. The third-order valence-corrected chi connectivity index (χ3v) is 9.44. The highest BCUT2D eigenvalue weighted by atomic mass is 19.1. The number of piperazine rings is 1. The van der Waals surface area contributed by atoms with Crippen LogP contribution in [0.3, 0.4) is 0 Å². The molecule has 0 saturated carbocycles. The molecule has 2 aliphatic heterocycles. The van der Waals surface area contributed by atoms with Crippen molar-refractivity contribution in [3.8, 4) is 0 Å². The lowest BCUT2D eigenvalue weighted by molar-refractivity contribution is -0.160. The van der Waals surface area contributed by atoms with Crippen LogP contribution in [-0.2, 0) is 39.8 Å². The van der Waals surface area contributed by atoms with Gasteiger partial charge in [0.05, 0.1) is 16.5 Å². The molecule has 208 valence electrons. The van der Waals surface area contributed by atoms with Gasteiger partial charge in [-0.2, -0.15) is 0 Å². The number of rotatable bonds is 5. The van der Waals surface area contributed by atoms with Crippen molar-refractivity contribution >= 4 is 17.6 Å². The van der Waals surface area contributed by atoms with Crippen molar-refractivity contribution in [2.24, 2.45) is 0 Å². The van der Waals surface area contributed by atoms with Crippen molar-refractivity contribution in [3.05, 3.63) is 94.2 Å². The van der Waals surface area contributed by atoms with Crippen molar-refractivity contribution in [2.75, 3.05) is 25.5 Å². The van der Waals surface area contributed by atoms with E-state index >= 15 is 0 Å². The molecule has 3 heterocycles. The van der Waals surface area contributed by atoms with E-state index in [2.05, 4.69) is 28.5 Å². The van der Waals surface area contributed by atoms with Crippen LogP contribution < -0.4 is 5.32 Å². The van der Waals surface area contributed by atoms with Gasteiger partial charge in [-0.05, 0) is 94.0 Å². The molecule has 0 unspecified atom stereocenters. The number of hydrogen-bond acceptors (Lipinski definition) is 4. The number of anilines is 1. The average Bonchev–Trinajstić information content (AvgIpc) is 3.41. The van der Waals surface area contributed by atoms with Gasteiger partial charge in [-0.3, -0.25) is 14.5 Å². The van der Waals surface area contributed by atoms with Crippen LogP contribution >= 0.6 is 0 Å². The lowest BCUT2D eigenvalue weighted by Gasteiger charge is -2.54. The number of carbonyl (C=O) groups is 2. The summed E-state index contributed by atoms with van der Waals surface area (Å²) in [7, 11) is 1.87. The van der Waals surface area contributed by atoms with E-state index in [1.165, 1.54) is 23.3 Å². The van der Waals surface area contributed by atoms with Crippen LogP contribution in [-0.4, -0.2) is 52.3 Å². The molecule has 1 N–H and O–H groups in total. The number of benzene rings is 2. The number of fused-ring (bicyclic) bond motifs is 3. The van der Waals surface area contributed by atoms with Crippen LogP contribution in [0.5, 0.6) is 0 Å². The van der Waals surface area contributed by atoms with Crippen molar-refractivity contribution in [1.82, 2.24) is 14.8 Å². The number of nitrogens with zero attached hydrogens (tertiary/aromatic N) is 3. The second-order valence-electron chi connectivity index (χ2n) is 12.3. The molecule has 1 spiro atoms. The minimum atomic E-state index is -0.883. The Morgan fingerprint density at radius 2 is 1.70 bits per heavy atom. The fourth-order valence-electron chi connectivity index (χ4n) is 6.84. The molecule has 8 heteroatoms. The third-order valence-electron chi connectivity index (χ3n) is 9.44. The van der Waals surface area contributed by atoms with E-state index in [9.17, 15) is 18.4 Å². The van der Waals surface area contributed by atoms with E-state index in [4.69, 9.17) is 0 Å². The first kappa shape index (κ1) is 26.6. The summed E-state index contributed by atoms with van der Waals surface area (Å²) >= 11 is 0. The van der Waals surface area contributed by atoms with Gasteiger partial charge in [0, 0.05) is 30.9 Å². The Labute approximate surface area is 233 Å². The topological polar surface area (TPSA) is 65.5 Å². The normalized spacial score (nSPS) is 25.3. The smallest absolute Gasteiger partial charge is 0.243 e. The Bertz CT molecular complexity index is 1520. The number of nitrogens with one attached hydrogen (secondary N) is 1. The minimum absolute atomic E-state index is 0.00298. The van der Waals surface area contributed by atoms with E-state index in [0.29, 0.717) is 43.7 Å². The minimum Gasteiger partial charge on any atom is -0.330 e. The Balaban J connectivity index is 1.22. The number of aryl methyl sites for hydroxylation is 1. The molecule has 1 saturated heterocycles. The predicted octanol–water partition coefficient (Wildman–Crippen LogP) is 4.75. The van der Waals surface area contributed by atoms with Crippen LogP contribution in [0, 0.1) is 11.6 Å². The molecule has 1 aromatic heterocycles. The third kappa shape index (κ3) is 4.03. The number of hydrogen-bond donors (Lipinski definition) is 1. The second-order valence-corrected chi connectivity index (χ2v) is 12.3. The fourth-order valence-corrected chi connectivity index (χ4v) is 6.84. The molecule has 2 amide bonds. The molecular weight excluding hydrogens is 510 g/mol. The summed E-state index contributed by atoms with van der Waals surface area (Å²) in [5.41, 5.74) is 2.67. The van der Waals surface area contributed by atoms with E-state index < -0.39 is 28.1 Å². The van der Waals surface area contributed by atoms with Crippen LogP contribution in [0.2, 0.25) is 0 Å². The Morgan fingerprint density at radius 1 is 0.975 bits per heavy atom. The van der Waals surface area contributed by atoms with E-state index in [1.807, 2.05) is 44.9 Å². The number of pyridine rings is 1. The quantitative estimate of drug-likeness (QED) is 0.504. The van der Waals surface area contributed by atoms with Crippen LogP contribution in [0.15, 0.2) is 54.7 Å². The molecule has 0 bridgehead atoms. The van der Waals surface area contributed by atoms with Gasteiger partial charge in [0.25, 0.3) is 0 Å². The second kappa shape index (κ2) is 9.20. The Kier molecular flexibility index (Phi) is 6.11. The summed E-state index contributed by atoms with van der Waals surface area (Å²) < 4.78 is 28.5. The molecule has 0 radical (unpaired) electrons. The first-order valence-corrected chi connectivity index (χ1v) is 13.8. The highest BCUT2D eigenvalue weighted by molar-refractivity contribution is 6.06. The van der Waals surface area contributed by atoms with Crippen molar-refractivity contribution < 1.29 is 18.4 Å².